The molecule has 1 fully saturated rings. The van der Waals surface area contributed by atoms with E-state index < -0.39 is 23.6 Å². The van der Waals surface area contributed by atoms with E-state index in [2.05, 4.69) is 15.6 Å². The summed E-state index contributed by atoms with van der Waals surface area (Å²) in [5.74, 6) is -1.46. The zero-order chi connectivity index (χ0) is 12.7. The average molecular weight is 251 g/mol. The fourth-order valence-electron chi connectivity index (χ4n) is 1.83. The van der Waals surface area contributed by atoms with Gasteiger partial charge in [-0.2, -0.15) is 0 Å². The summed E-state index contributed by atoms with van der Waals surface area (Å²) in [6, 6.07) is 2.53. The van der Waals surface area contributed by atoms with Crippen LogP contribution < -0.4 is 10.6 Å². The monoisotopic (exact) mass is 251 g/mol. The van der Waals surface area contributed by atoms with Crippen molar-refractivity contribution in [2.45, 2.75) is 24.9 Å². The molecule has 0 aromatic heterocycles. The van der Waals surface area contributed by atoms with Gasteiger partial charge in [-0.25, -0.2) is 13.8 Å². The normalized spacial score (nSPS) is 22.7. The molecule has 1 atom stereocenters. The molecule has 0 bridgehead atoms. The van der Waals surface area contributed by atoms with E-state index in [9.17, 15) is 13.6 Å². The molecule has 1 heterocycles. The molecule has 1 unspecified atom stereocenters. The van der Waals surface area contributed by atoms with E-state index in [1.165, 1.54) is 6.07 Å². The number of hydrogen-bond acceptors (Lipinski definition) is 3. The number of guanidine groups is 1. The van der Waals surface area contributed by atoms with Crippen LogP contribution in [0, 0.1) is 11.6 Å². The number of nitrogens with zero attached hydrogens (tertiary/aromatic N) is 1. The topological polar surface area (TPSA) is 53.5 Å². The zero-order valence-corrected chi connectivity index (χ0v) is 9.41. The molecule has 1 aliphatic carbocycles. The average Bonchev–Trinajstić information content (AvgIpc) is 3.03. The van der Waals surface area contributed by atoms with Crippen molar-refractivity contribution in [2.75, 3.05) is 0 Å². The fourth-order valence-corrected chi connectivity index (χ4v) is 1.83. The smallest absolute Gasteiger partial charge is 0.256 e. The highest BCUT2D eigenvalue weighted by molar-refractivity contribution is 6.05. The second kappa shape index (κ2) is 4.04. The van der Waals surface area contributed by atoms with Crippen molar-refractivity contribution >= 4 is 11.9 Å². The van der Waals surface area contributed by atoms with Crippen LogP contribution in [0.15, 0.2) is 23.2 Å². The summed E-state index contributed by atoms with van der Waals surface area (Å²) in [6.07, 6.45) is 2.09. The highest BCUT2D eigenvalue weighted by atomic mass is 19.1. The van der Waals surface area contributed by atoms with Gasteiger partial charge in [0.15, 0.2) is 12.0 Å². The summed E-state index contributed by atoms with van der Waals surface area (Å²) in [4.78, 5) is 15.8. The number of amides is 1. The van der Waals surface area contributed by atoms with E-state index in [0.29, 0.717) is 12.0 Å². The molecule has 94 valence electrons. The van der Waals surface area contributed by atoms with Gasteiger partial charge in [-0.3, -0.25) is 10.1 Å². The molecule has 2 N–H and O–H groups in total. The SMILES string of the molecule is O=C1NC(NC2CC2)=NC1c1ccc(F)cc1F. The second-order valence-corrected chi connectivity index (χ2v) is 4.45. The van der Waals surface area contributed by atoms with Gasteiger partial charge in [-0.15, -0.1) is 0 Å². The molecule has 1 saturated carbocycles. The Bertz CT molecular complexity index is 540. The van der Waals surface area contributed by atoms with Gasteiger partial charge >= 0.3 is 0 Å². The van der Waals surface area contributed by atoms with E-state index in [-0.39, 0.29) is 5.56 Å². The third-order valence-electron chi connectivity index (χ3n) is 2.92. The lowest BCUT2D eigenvalue weighted by Gasteiger charge is -2.05. The van der Waals surface area contributed by atoms with Crippen molar-refractivity contribution in [1.29, 1.82) is 0 Å². The maximum atomic E-state index is 13.6. The van der Waals surface area contributed by atoms with E-state index >= 15 is 0 Å². The van der Waals surface area contributed by atoms with Gasteiger partial charge in [0.1, 0.15) is 11.6 Å². The van der Waals surface area contributed by atoms with Crippen molar-refractivity contribution in [1.82, 2.24) is 10.6 Å². The molecule has 1 aromatic carbocycles. The Morgan fingerprint density at radius 2 is 2.11 bits per heavy atom. The molecular weight excluding hydrogens is 240 g/mol. The Labute approximate surface area is 102 Å². The van der Waals surface area contributed by atoms with Gasteiger partial charge in [0.2, 0.25) is 0 Å². The number of nitrogens with one attached hydrogen (secondary N) is 2. The first kappa shape index (κ1) is 11.1. The van der Waals surface area contributed by atoms with Crippen LogP contribution in [0.25, 0.3) is 0 Å². The minimum Gasteiger partial charge on any atom is -0.353 e. The highest BCUT2D eigenvalue weighted by Crippen LogP contribution is 2.25. The van der Waals surface area contributed by atoms with Crippen LogP contribution in [0.1, 0.15) is 24.4 Å². The summed E-state index contributed by atoms with van der Waals surface area (Å²) < 4.78 is 26.4. The minimum absolute atomic E-state index is 0.0847. The molecule has 18 heavy (non-hydrogen) atoms. The van der Waals surface area contributed by atoms with Gasteiger partial charge in [0.05, 0.1) is 0 Å². The minimum atomic E-state index is -0.938. The Morgan fingerprint density at radius 1 is 1.33 bits per heavy atom. The van der Waals surface area contributed by atoms with Gasteiger partial charge in [-0.05, 0) is 18.9 Å². The first-order chi connectivity index (χ1) is 8.63. The lowest BCUT2D eigenvalue weighted by atomic mass is 10.1. The van der Waals surface area contributed by atoms with Gasteiger partial charge in [0.25, 0.3) is 5.91 Å². The standard InChI is InChI=1S/C12H11F2N3O/c13-6-1-4-8(9(14)5-6)10-11(18)17-12(16-10)15-7-2-3-7/h1,4-5,7,10H,2-3H2,(H2,15,16,17,18). The maximum Gasteiger partial charge on any atom is 0.256 e. The number of aliphatic imine (C=N–C) groups is 1. The Balaban J connectivity index is 1.86. The highest BCUT2D eigenvalue weighted by Gasteiger charge is 2.32. The number of benzene rings is 1. The second-order valence-electron chi connectivity index (χ2n) is 4.45. The first-order valence-electron chi connectivity index (χ1n) is 5.73. The Kier molecular flexibility index (Phi) is 2.50. The zero-order valence-electron chi connectivity index (χ0n) is 9.41. The number of hydrogen-bond donors (Lipinski definition) is 2. The molecule has 4 nitrogen and oxygen atoms in total. The van der Waals surface area contributed by atoms with Crippen molar-refractivity contribution in [3.8, 4) is 0 Å². The van der Waals surface area contributed by atoms with E-state index in [1.54, 1.807) is 0 Å². The van der Waals surface area contributed by atoms with Crippen LogP contribution in [0.2, 0.25) is 0 Å². The molecule has 0 radical (unpaired) electrons. The molecule has 1 aliphatic heterocycles. The molecule has 2 aliphatic rings. The van der Waals surface area contributed by atoms with Crippen molar-refractivity contribution in [2.24, 2.45) is 4.99 Å². The van der Waals surface area contributed by atoms with Crippen LogP contribution in [-0.4, -0.2) is 17.9 Å². The molecule has 0 spiro atoms. The van der Waals surface area contributed by atoms with Crippen LogP contribution in [0.4, 0.5) is 8.78 Å². The quantitative estimate of drug-likeness (QED) is 0.831. The Morgan fingerprint density at radius 3 is 2.78 bits per heavy atom. The van der Waals surface area contributed by atoms with E-state index in [4.69, 9.17) is 0 Å². The fraction of sp³-hybridized carbons (Fsp3) is 0.333. The molecular formula is C12H11F2N3O. The third kappa shape index (κ3) is 2.05. The molecule has 0 saturated heterocycles. The predicted molar refractivity (Wildman–Crippen MR) is 60.8 cm³/mol. The summed E-state index contributed by atoms with van der Waals surface area (Å²) in [5, 5.41) is 5.59. The lowest BCUT2D eigenvalue weighted by Crippen LogP contribution is -2.37. The predicted octanol–water partition coefficient (Wildman–Crippen LogP) is 1.24. The van der Waals surface area contributed by atoms with Crippen LogP contribution in [0.3, 0.4) is 0 Å². The van der Waals surface area contributed by atoms with E-state index in [1.807, 2.05) is 0 Å². The van der Waals surface area contributed by atoms with Crippen molar-refractivity contribution < 1.29 is 13.6 Å². The lowest BCUT2D eigenvalue weighted by molar-refractivity contribution is -0.120. The molecule has 1 aromatic rings. The Hall–Kier alpha value is -1.98. The molecule has 1 amide bonds. The summed E-state index contributed by atoms with van der Waals surface area (Å²) >= 11 is 0. The summed E-state index contributed by atoms with van der Waals surface area (Å²) in [5.41, 5.74) is 0.0847. The first-order valence-corrected chi connectivity index (χ1v) is 5.73. The van der Waals surface area contributed by atoms with Crippen LogP contribution >= 0.6 is 0 Å². The third-order valence-corrected chi connectivity index (χ3v) is 2.92. The van der Waals surface area contributed by atoms with Crippen LogP contribution in [0.5, 0.6) is 0 Å². The van der Waals surface area contributed by atoms with Gasteiger partial charge in [0, 0.05) is 17.7 Å². The number of carbonyl (C=O) groups excluding carboxylic acids is 1. The number of halogens is 2. The number of carbonyl (C=O) groups is 1. The van der Waals surface area contributed by atoms with Gasteiger partial charge < -0.3 is 5.32 Å². The van der Waals surface area contributed by atoms with E-state index in [0.717, 1.165) is 25.0 Å². The van der Waals surface area contributed by atoms with Crippen LogP contribution in [-0.2, 0) is 4.79 Å². The largest absolute Gasteiger partial charge is 0.353 e. The summed E-state index contributed by atoms with van der Waals surface area (Å²) in [6.45, 7) is 0. The molecule has 3 rings (SSSR count). The van der Waals surface area contributed by atoms with Crippen molar-refractivity contribution in [3.05, 3.63) is 35.4 Å². The maximum absolute atomic E-state index is 13.6. The number of rotatable bonds is 2. The molecule has 6 heteroatoms. The van der Waals surface area contributed by atoms with Gasteiger partial charge in [-0.1, -0.05) is 6.07 Å². The summed E-state index contributed by atoms with van der Waals surface area (Å²) in [7, 11) is 0. The van der Waals surface area contributed by atoms with Crippen molar-refractivity contribution in [3.63, 3.8) is 0 Å².